The highest BCUT2D eigenvalue weighted by molar-refractivity contribution is 6.00. The Morgan fingerprint density at radius 1 is 1.43 bits per heavy atom. The largest absolute Gasteiger partial charge is 0.465 e. The van der Waals surface area contributed by atoms with Gasteiger partial charge in [0.05, 0.1) is 18.0 Å². The summed E-state index contributed by atoms with van der Waals surface area (Å²) in [6.45, 7) is 0. The fourth-order valence-corrected chi connectivity index (χ4v) is 3.32. The molecule has 0 radical (unpaired) electrons. The van der Waals surface area contributed by atoms with Crippen LogP contribution in [-0.4, -0.2) is 36.8 Å². The highest BCUT2D eigenvalue weighted by Crippen LogP contribution is 2.34. The Balaban J connectivity index is 1.74. The number of amides is 1. The number of nitrogens with one attached hydrogen (secondary N) is 2. The maximum Gasteiger partial charge on any atom is 0.404 e. The Morgan fingerprint density at radius 3 is 3.19 bits per heavy atom. The number of pyridine rings is 1. The lowest BCUT2D eigenvalue weighted by molar-refractivity contribution is 0.190. The third kappa shape index (κ3) is 1.93. The molecule has 4 rings (SSSR count). The van der Waals surface area contributed by atoms with E-state index in [0.717, 1.165) is 41.3 Å². The van der Waals surface area contributed by atoms with Crippen LogP contribution >= 0.6 is 0 Å². The standard InChI is InChI=1S/C14H15N5O2/c20-14(21)18-8-1-2-9(5-8)19-7-17-11-6-16-13-10(12(11)19)3-4-15-13/h3-4,6-9,18H,1-2,5H2,(H,15,16)(H,20,21). The van der Waals surface area contributed by atoms with Gasteiger partial charge in [0.25, 0.3) is 0 Å². The molecule has 0 saturated heterocycles. The molecule has 1 amide bonds. The van der Waals surface area contributed by atoms with Crippen LogP contribution in [0.1, 0.15) is 25.3 Å². The Morgan fingerprint density at radius 2 is 2.33 bits per heavy atom. The molecule has 7 heteroatoms. The van der Waals surface area contributed by atoms with Gasteiger partial charge < -0.3 is 20.0 Å². The minimum Gasteiger partial charge on any atom is -0.465 e. The minimum atomic E-state index is -0.951. The Hall–Kier alpha value is -2.57. The van der Waals surface area contributed by atoms with Crippen LogP contribution in [0.2, 0.25) is 0 Å². The lowest BCUT2D eigenvalue weighted by atomic mass is 10.2. The normalized spacial score (nSPS) is 22.1. The molecule has 1 fully saturated rings. The van der Waals surface area contributed by atoms with Gasteiger partial charge in [-0.05, 0) is 25.3 Å². The summed E-state index contributed by atoms with van der Waals surface area (Å²) in [7, 11) is 0. The number of fused-ring (bicyclic) bond motifs is 3. The second-order valence-corrected chi connectivity index (χ2v) is 5.50. The maximum absolute atomic E-state index is 10.8. The first-order chi connectivity index (χ1) is 10.2. The Kier molecular flexibility index (Phi) is 2.60. The fraction of sp³-hybridized carbons (Fsp3) is 0.357. The molecule has 0 spiro atoms. The summed E-state index contributed by atoms with van der Waals surface area (Å²) in [5, 5.41) is 12.5. The molecule has 7 nitrogen and oxygen atoms in total. The predicted molar refractivity (Wildman–Crippen MR) is 77.2 cm³/mol. The van der Waals surface area contributed by atoms with Crippen molar-refractivity contribution in [2.75, 3.05) is 0 Å². The summed E-state index contributed by atoms with van der Waals surface area (Å²) in [6, 6.07) is 2.30. The lowest BCUT2D eigenvalue weighted by Gasteiger charge is -2.14. The summed E-state index contributed by atoms with van der Waals surface area (Å²) >= 11 is 0. The van der Waals surface area contributed by atoms with Crippen LogP contribution in [0.5, 0.6) is 0 Å². The molecule has 3 heterocycles. The lowest BCUT2D eigenvalue weighted by Crippen LogP contribution is -2.31. The van der Waals surface area contributed by atoms with Crippen molar-refractivity contribution in [1.82, 2.24) is 24.8 Å². The van der Waals surface area contributed by atoms with Crippen molar-refractivity contribution in [2.24, 2.45) is 0 Å². The highest BCUT2D eigenvalue weighted by Gasteiger charge is 2.28. The molecular weight excluding hydrogens is 270 g/mol. The van der Waals surface area contributed by atoms with Crippen LogP contribution in [0.15, 0.2) is 24.8 Å². The van der Waals surface area contributed by atoms with E-state index in [-0.39, 0.29) is 12.1 Å². The molecule has 3 aromatic heterocycles. The first-order valence-electron chi connectivity index (χ1n) is 7.00. The van der Waals surface area contributed by atoms with Gasteiger partial charge in [0.1, 0.15) is 11.2 Å². The van der Waals surface area contributed by atoms with Crippen molar-refractivity contribution < 1.29 is 9.90 Å². The summed E-state index contributed by atoms with van der Waals surface area (Å²) in [4.78, 5) is 22.6. The maximum atomic E-state index is 10.8. The van der Waals surface area contributed by atoms with Crippen molar-refractivity contribution in [3.63, 3.8) is 0 Å². The molecule has 0 aliphatic heterocycles. The number of hydrogen-bond acceptors (Lipinski definition) is 3. The van der Waals surface area contributed by atoms with E-state index < -0.39 is 6.09 Å². The van der Waals surface area contributed by atoms with E-state index in [4.69, 9.17) is 5.11 Å². The number of H-pyrrole nitrogens is 1. The van der Waals surface area contributed by atoms with Gasteiger partial charge in [0.2, 0.25) is 0 Å². The van der Waals surface area contributed by atoms with Crippen LogP contribution in [0.4, 0.5) is 4.79 Å². The molecular formula is C14H15N5O2. The Bertz CT molecular complexity index is 821. The second kappa shape index (κ2) is 4.47. The van der Waals surface area contributed by atoms with Crippen molar-refractivity contribution in [1.29, 1.82) is 0 Å². The molecule has 3 aromatic rings. The number of carbonyl (C=O) groups is 1. The number of aromatic amines is 1. The zero-order valence-electron chi connectivity index (χ0n) is 11.3. The van der Waals surface area contributed by atoms with Gasteiger partial charge in [-0.15, -0.1) is 0 Å². The summed E-state index contributed by atoms with van der Waals surface area (Å²) in [5.74, 6) is 0. The third-order valence-corrected chi connectivity index (χ3v) is 4.24. The molecule has 2 unspecified atom stereocenters. The third-order valence-electron chi connectivity index (χ3n) is 4.24. The van der Waals surface area contributed by atoms with Gasteiger partial charge in [-0.1, -0.05) is 0 Å². The van der Waals surface area contributed by atoms with E-state index in [1.807, 2.05) is 18.6 Å². The van der Waals surface area contributed by atoms with Gasteiger partial charge >= 0.3 is 6.09 Å². The number of rotatable bonds is 2. The Labute approximate surface area is 120 Å². The number of aromatic nitrogens is 4. The molecule has 0 bridgehead atoms. The topological polar surface area (TPSA) is 95.8 Å². The van der Waals surface area contributed by atoms with Crippen molar-refractivity contribution in [3.05, 3.63) is 24.8 Å². The molecule has 108 valence electrons. The summed E-state index contributed by atoms with van der Waals surface area (Å²) in [6.07, 6.45) is 7.14. The second-order valence-electron chi connectivity index (χ2n) is 5.50. The van der Waals surface area contributed by atoms with Crippen LogP contribution in [-0.2, 0) is 0 Å². The summed E-state index contributed by atoms with van der Waals surface area (Å²) in [5.41, 5.74) is 2.79. The van der Waals surface area contributed by atoms with E-state index in [1.165, 1.54) is 0 Å². The SMILES string of the molecule is O=C(O)NC1CCC(n2cnc3cnc4[nH]ccc4c32)C1. The zero-order chi connectivity index (χ0) is 14.4. The van der Waals surface area contributed by atoms with Gasteiger partial charge in [-0.3, -0.25) is 0 Å². The molecule has 1 saturated carbocycles. The van der Waals surface area contributed by atoms with Crippen molar-refractivity contribution >= 4 is 28.2 Å². The number of imidazole rings is 1. The van der Waals surface area contributed by atoms with Gasteiger partial charge in [-0.2, -0.15) is 0 Å². The van der Waals surface area contributed by atoms with E-state index in [1.54, 1.807) is 6.20 Å². The van der Waals surface area contributed by atoms with E-state index in [2.05, 4.69) is 24.8 Å². The van der Waals surface area contributed by atoms with E-state index >= 15 is 0 Å². The minimum absolute atomic E-state index is 0.0218. The molecule has 1 aliphatic rings. The van der Waals surface area contributed by atoms with Crippen LogP contribution < -0.4 is 5.32 Å². The molecule has 3 N–H and O–H groups in total. The molecule has 21 heavy (non-hydrogen) atoms. The monoisotopic (exact) mass is 285 g/mol. The summed E-state index contributed by atoms with van der Waals surface area (Å²) < 4.78 is 2.16. The smallest absolute Gasteiger partial charge is 0.404 e. The van der Waals surface area contributed by atoms with E-state index in [9.17, 15) is 4.79 Å². The first kappa shape index (κ1) is 12.2. The number of nitrogens with zero attached hydrogens (tertiary/aromatic N) is 3. The average molecular weight is 285 g/mol. The molecule has 0 aromatic carbocycles. The zero-order valence-corrected chi connectivity index (χ0v) is 11.3. The molecule has 2 atom stereocenters. The van der Waals surface area contributed by atoms with Crippen molar-refractivity contribution in [3.8, 4) is 0 Å². The fourth-order valence-electron chi connectivity index (χ4n) is 3.32. The van der Waals surface area contributed by atoms with Gasteiger partial charge in [-0.25, -0.2) is 14.8 Å². The van der Waals surface area contributed by atoms with Crippen LogP contribution in [0.3, 0.4) is 0 Å². The van der Waals surface area contributed by atoms with Gasteiger partial charge in [0, 0.05) is 23.7 Å². The van der Waals surface area contributed by atoms with Crippen LogP contribution in [0.25, 0.3) is 22.1 Å². The number of carboxylic acid groups (broad SMARTS) is 1. The first-order valence-corrected chi connectivity index (χ1v) is 7.00. The number of hydrogen-bond donors (Lipinski definition) is 3. The quantitative estimate of drug-likeness (QED) is 0.673. The van der Waals surface area contributed by atoms with Gasteiger partial charge in [0.15, 0.2) is 0 Å². The predicted octanol–water partition coefficient (Wildman–Crippen LogP) is 2.27. The highest BCUT2D eigenvalue weighted by atomic mass is 16.4. The molecule has 1 aliphatic carbocycles. The van der Waals surface area contributed by atoms with Crippen LogP contribution in [0, 0.1) is 0 Å². The van der Waals surface area contributed by atoms with Crippen molar-refractivity contribution in [2.45, 2.75) is 31.3 Å². The average Bonchev–Trinajstić information content (AvgIpc) is 3.14. The van der Waals surface area contributed by atoms with E-state index in [0.29, 0.717) is 0 Å².